The number of carbonyl (C=O) groups is 3. The number of hydrogen-bond donors (Lipinski definition) is 2. The van der Waals surface area contributed by atoms with Crippen LogP contribution in [-0.2, 0) is 16.1 Å². The molecule has 1 aromatic carbocycles. The van der Waals surface area contributed by atoms with Gasteiger partial charge in [0.1, 0.15) is 0 Å². The Balaban J connectivity index is 0.00000225. The number of halogens is 1. The van der Waals surface area contributed by atoms with Gasteiger partial charge in [-0.1, -0.05) is 30.3 Å². The van der Waals surface area contributed by atoms with E-state index in [1.807, 2.05) is 12.1 Å². The Hall–Kier alpha value is -1.57. The van der Waals surface area contributed by atoms with Crippen LogP contribution in [0.4, 0.5) is 10.5 Å². The summed E-state index contributed by atoms with van der Waals surface area (Å²) >= 11 is 1.03. The largest absolute Gasteiger partial charge is 0.328 e. The zero-order valence-corrected chi connectivity index (χ0v) is 15.4. The first-order valence-electron chi connectivity index (χ1n) is 8.15. The van der Waals surface area contributed by atoms with Crippen molar-refractivity contribution in [1.82, 2.24) is 4.90 Å². The molecule has 6 nitrogen and oxygen atoms in total. The third-order valence-electron chi connectivity index (χ3n) is 4.49. The minimum absolute atomic E-state index is 0. The molecule has 0 aromatic heterocycles. The molecule has 0 bridgehead atoms. The molecule has 3 amide bonds. The second-order valence-electron chi connectivity index (χ2n) is 6.34. The normalized spacial score (nSPS) is 23.3. The van der Waals surface area contributed by atoms with Crippen molar-refractivity contribution >= 4 is 46.9 Å². The number of imide groups is 1. The third-order valence-corrected chi connectivity index (χ3v) is 5.35. The van der Waals surface area contributed by atoms with Crippen molar-refractivity contribution in [2.24, 2.45) is 11.7 Å². The van der Waals surface area contributed by atoms with Gasteiger partial charge in [0.15, 0.2) is 0 Å². The van der Waals surface area contributed by atoms with Crippen LogP contribution in [0.25, 0.3) is 0 Å². The molecule has 1 aliphatic heterocycles. The molecule has 1 aromatic rings. The zero-order valence-electron chi connectivity index (χ0n) is 13.8. The van der Waals surface area contributed by atoms with E-state index in [1.165, 1.54) is 4.90 Å². The fourth-order valence-corrected chi connectivity index (χ4v) is 3.84. The number of rotatable bonds is 4. The van der Waals surface area contributed by atoms with Gasteiger partial charge in [-0.25, -0.2) is 0 Å². The quantitative estimate of drug-likeness (QED) is 0.833. The zero-order chi connectivity index (χ0) is 17.1. The Labute approximate surface area is 157 Å². The van der Waals surface area contributed by atoms with Gasteiger partial charge in [0.05, 0.1) is 12.3 Å². The molecule has 1 heterocycles. The molecular weight excluding hydrogens is 362 g/mol. The summed E-state index contributed by atoms with van der Waals surface area (Å²) in [4.78, 5) is 36.8. The van der Waals surface area contributed by atoms with Gasteiger partial charge in [0, 0.05) is 17.6 Å². The number of nitrogens with two attached hydrogens (primary N) is 1. The predicted molar refractivity (Wildman–Crippen MR) is 101 cm³/mol. The van der Waals surface area contributed by atoms with Crippen LogP contribution in [0, 0.1) is 5.92 Å². The Morgan fingerprint density at radius 3 is 2.56 bits per heavy atom. The molecule has 2 unspecified atom stereocenters. The van der Waals surface area contributed by atoms with E-state index in [4.69, 9.17) is 5.73 Å². The summed E-state index contributed by atoms with van der Waals surface area (Å²) < 4.78 is 0. The van der Waals surface area contributed by atoms with E-state index in [-0.39, 0.29) is 53.7 Å². The SMILES string of the molecule is Cl.NC1CCCC(C(=O)Nc2ccc(CN3C(=O)CSC3=O)cc2)C1. The van der Waals surface area contributed by atoms with Crippen molar-refractivity contribution in [2.45, 2.75) is 38.3 Å². The van der Waals surface area contributed by atoms with Crippen molar-refractivity contribution < 1.29 is 14.4 Å². The minimum atomic E-state index is -0.203. The highest BCUT2D eigenvalue weighted by Crippen LogP contribution is 2.25. The molecular formula is C17H22ClN3O3S. The summed E-state index contributed by atoms with van der Waals surface area (Å²) in [5, 5.41) is 2.72. The van der Waals surface area contributed by atoms with Gasteiger partial charge in [-0.2, -0.15) is 0 Å². The van der Waals surface area contributed by atoms with E-state index < -0.39 is 0 Å². The maximum atomic E-state index is 12.3. The van der Waals surface area contributed by atoms with Gasteiger partial charge in [-0.3, -0.25) is 19.3 Å². The number of thioether (sulfide) groups is 1. The van der Waals surface area contributed by atoms with Crippen LogP contribution in [0.3, 0.4) is 0 Å². The van der Waals surface area contributed by atoms with Gasteiger partial charge in [0.2, 0.25) is 11.8 Å². The fraction of sp³-hybridized carbons (Fsp3) is 0.471. The van der Waals surface area contributed by atoms with Crippen molar-refractivity contribution in [2.75, 3.05) is 11.1 Å². The summed E-state index contributed by atoms with van der Waals surface area (Å²) in [6.45, 7) is 0.274. The third kappa shape index (κ3) is 4.96. The second kappa shape index (κ2) is 8.69. The molecule has 1 aliphatic carbocycles. The molecule has 2 fully saturated rings. The number of carbonyl (C=O) groups excluding carboxylic acids is 3. The maximum Gasteiger partial charge on any atom is 0.289 e. The van der Waals surface area contributed by atoms with Gasteiger partial charge in [0.25, 0.3) is 5.24 Å². The standard InChI is InChI=1S/C17H21N3O3S.ClH/c18-13-3-1-2-12(8-13)16(22)19-14-6-4-11(5-7-14)9-20-15(21)10-24-17(20)23;/h4-7,12-13H,1-3,8-10,18H2,(H,19,22);1H. The van der Waals surface area contributed by atoms with Gasteiger partial charge in [-0.15, -0.1) is 12.4 Å². The Morgan fingerprint density at radius 2 is 1.96 bits per heavy atom. The topological polar surface area (TPSA) is 92.5 Å². The van der Waals surface area contributed by atoms with Crippen LogP contribution in [-0.4, -0.2) is 33.7 Å². The molecule has 2 aliphatic rings. The highest BCUT2D eigenvalue weighted by atomic mass is 35.5. The molecule has 2 atom stereocenters. The molecule has 136 valence electrons. The van der Waals surface area contributed by atoms with Crippen LogP contribution in [0.15, 0.2) is 24.3 Å². The summed E-state index contributed by atoms with van der Waals surface area (Å²) in [6.07, 6.45) is 3.61. The van der Waals surface area contributed by atoms with Gasteiger partial charge in [-0.05, 0) is 37.0 Å². The van der Waals surface area contributed by atoms with E-state index in [0.29, 0.717) is 0 Å². The predicted octanol–water partition coefficient (Wildman–Crippen LogP) is 2.76. The average Bonchev–Trinajstić information content (AvgIpc) is 2.88. The Morgan fingerprint density at radius 1 is 1.24 bits per heavy atom. The van der Waals surface area contributed by atoms with Crippen molar-refractivity contribution in [3.63, 3.8) is 0 Å². The highest BCUT2D eigenvalue weighted by Gasteiger charge is 2.29. The lowest BCUT2D eigenvalue weighted by Crippen LogP contribution is -2.34. The average molecular weight is 384 g/mol. The first-order valence-corrected chi connectivity index (χ1v) is 9.14. The molecule has 8 heteroatoms. The number of benzene rings is 1. The summed E-state index contributed by atoms with van der Waals surface area (Å²) in [5.74, 6) is 0.0526. The molecule has 0 spiro atoms. The maximum absolute atomic E-state index is 12.3. The van der Waals surface area contributed by atoms with E-state index in [0.717, 1.165) is 48.7 Å². The Bertz CT molecular complexity index is 637. The van der Waals surface area contributed by atoms with Crippen LogP contribution in [0.1, 0.15) is 31.2 Å². The molecule has 3 rings (SSSR count). The second-order valence-corrected chi connectivity index (χ2v) is 7.27. The lowest BCUT2D eigenvalue weighted by molar-refractivity contribution is -0.125. The van der Waals surface area contributed by atoms with Crippen molar-refractivity contribution in [1.29, 1.82) is 0 Å². The van der Waals surface area contributed by atoms with Gasteiger partial charge >= 0.3 is 0 Å². The molecule has 1 saturated carbocycles. The Kier molecular flexibility index (Phi) is 6.87. The van der Waals surface area contributed by atoms with Crippen molar-refractivity contribution in [3.8, 4) is 0 Å². The van der Waals surface area contributed by atoms with Crippen LogP contribution in [0.5, 0.6) is 0 Å². The highest BCUT2D eigenvalue weighted by molar-refractivity contribution is 8.14. The smallest absolute Gasteiger partial charge is 0.289 e. The molecule has 1 saturated heterocycles. The van der Waals surface area contributed by atoms with Crippen LogP contribution in [0.2, 0.25) is 0 Å². The van der Waals surface area contributed by atoms with Gasteiger partial charge < -0.3 is 11.1 Å². The summed E-state index contributed by atoms with van der Waals surface area (Å²) in [6, 6.07) is 7.37. The molecule has 3 N–H and O–H groups in total. The van der Waals surface area contributed by atoms with Crippen LogP contribution < -0.4 is 11.1 Å². The molecule has 25 heavy (non-hydrogen) atoms. The fourth-order valence-electron chi connectivity index (χ4n) is 3.12. The first kappa shape index (κ1) is 19.8. The van der Waals surface area contributed by atoms with E-state index in [2.05, 4.69) is 5.32 Å². The lowest BCUT2D eigenvalue weighted by atomic mass is 9.85. The number of nitrogens with one attached hydrogen (secondary N) is 1. The molecule has 0 radical (unpaired) electrons. The number of anilines is 1. The number of nitrogens with zero attached hydrogens (tertiary/aromatic N) is 1. The lowest BCUT2D eigenvalue weighted by Gasteiger charge is -2.25. The number of amides is 3. The van der Waals surface area contributed by atoms with E-state index >= 15 is 0 Å². The van der Waals surface area contributed by atoms with E-state index in [1.54, 1.807) is 12.1 Å². The minimum Gasteiger partial charge on any atom is -0.328 e. The van der Waals surface area contributed by atoms with E-state index in [9.17, 15) is 14.4 Å². The monoisotopic (exact) mass is 383 g/mol. The van der Waals surface area contributed by atoms with Crippen LogP contribution >= 0.6 is 24.2 Å². The summed E-state index contributed by atoms with van der Waals surface area (Å²) in [7, 11) is 0. The summed E-state index contributed by atoms with van der Waals surface area (Å²) in [5.41, 5.74) is 7.51. The van der Waals surface area contributed by atoms with Crippen molar-refractivity contribution in [3.05, 3.63) is 29.8 Å². The number of hydrogen-bond acceptors (Lipinski definition) is 5. The first-order chi connectivity index (χ1) is 11.5.